The van der Waals surface area contributed by atoms with Crippen molar-refractivity contribution in [2.45, 2.75) is 19.9 Å². The van der Waals surface area contributed by atoms with Gasteiger partial charge < -0.3 is 0 Å². The number of benzene rings is 3. The first-order valence-electron chi connectivity index (χ1n) is 11.5. The molecule has 35 heavy (non-hydrogen) atoms. The average Bonchev–Trinajstić information content (AvgIpc) is 3.40. The molecule has 2 heterocycles. The summed E-state index contributed by atoms with van der Waals surface area (Å²) in [4.78, 5) is 33.3. The third kappa shape index (κ3) is 4.63. The molecule has 0 N–H and O–H groups in total. The van der Waals surface area contributed by atoms with Crippen molar-refractivity contribution in [3.05, 3.63) is 112 Å². The minimum absolute atomic E-state index is 0.198. The van der Waals surface area contributed by atoms with Crippen molar-refractivity contribution >= 4 is 33.1 Å². The molecule has 0 aliphatic heterocycles. The predicted octanol–water partition coefficient (Wildman–Crippen LogP) is 5.43. The molecular formula is C28H24N4O2S. The number of hydrogen-bond donors (Lipinski definition) is 0. The zero-order valence-corrected chi connectivity index (χ0v) is 20.1. The third-order valence-electron chi connectivity index (χ3n) is 5.87. The van der Waals surface area contributed by atoms with Crippen molar-refractivity contribution < 1.29 is 4.79 Å². The fourth-order valence-electron chi connectivity index (χ4n) is 4.03. The van der Waals surface area contributed by atoms with Crippen molar-refractivity contribution in [2.75, 3.05) is 11.4 Å². The lowest BCUT2D eigenvalue weighted by atomic mass is 10.1. The highest BCUT2D eigenvalue weighted by Gasteiger charge is 2.25. The second-order valence-corrected chi connectivity index (χ2v) is 8.93. The summed E-state index contributed by atoms with van der Waals surface area (Å²) in [6.07, 6.45) is 0.665. The van der Waals surface area contributed by atoms with Gasteiger partial charge in [0.15, 0.2) is 10.8 Å². The van der Waals surface area contributed by atoms with Gasteiger partial charge in [-0.2, -0.15) is 5.10 Å². The standard InChI is InChI=1S/C28H24N4O2S/c1-2-32-26(33)23-16-10-9-15-22(23)25(30-32)27(34)31(18-17-20-11-5-3-6-12-20)28-29-24(19-35-28)21-13-7-4-8-14-21/h3-16,19H,2,17-18H2,1H3. The Bertz CT molecular complexity index is 1530. The topological polar surface area (TPSA) is 68.1 Å². The normalized spacial score (nSPS) is 11.0. The van der Waals surface area contributed by atoms with E-state index in [1.807, 2.05) is 79.0 Å². The van der Waals surface area contributed by atoms with E-state index in [0.29, 0.717) is 35.4 Å². The van der Waals surface area contributed by atoms with Crippen LogP contribution in [-0.2, 0) is 13.0 Å². The van der Waals surface area contributed by atoms with Gasteiger partial charge in [-0.3, -0.25) is 14.5 Å². The maximum absolute atomic E-state index is 14.0. The first-order chi connectivity index (χ1) is 17.2. The number of amides is 1. The Labute approximate surface area is 207 Å². The fourth-order valence-corrected chi connectivity index (χ4v) is 4.89. The Balaban J connectivity index is 1.58. The summed E-state index contributed by atoms with van der Waals surface area (Å²) in [6, 6.07) is 27.1. The van der Waals surface area contributed by atoms with Crippen molar-refractivity contribution in [1.29, 1.82) is 0 Å². The van der Waals surface area contributed by atoms with Crippen LogP contribution in [0.4, 0.5) is 5.13 Å². The molecule has 0 spiro atoms. The molecular weight excluding hydrogens is 456 g/mol. The Morgan fingerprint density at radius 2 is 1.57 bits per heavy atom. The van der Waals surface area contributed by atoms with Gasteiger partial charge in [0, 0.05) is 29.4 Å². The highest BCUT2D eigenvalue weighted by molar-refractivity contribution is 7.14. The van der Waals surface area contributed by atoms with Gasteiger partial charge in [0.05, 0.1) is 11.1 Å². The van der Waals surface area contributed by atoms with Crippen LogP contribution in [0.2, 0.25) is 0 Å². The maximum Gasteiger partial charge on any atom is 0.281 e. The Morgan fingerprint density at radius 3 is 2.29 bits per heavy atom. The summed E-state index contributed by atoms with van der Waals surface area (Å²) in [5.41, 5.74) is 3.00. The number of anilines is 1. The van der Waals surface area contributed by atoms with Crippen LogP contribution in [0, 0.1) is 0 Å². The molecule has 5 rings (SSSR count). The highest BCUT2D eigenvalue weighted by Crippen LogP contribution is 2.29. The number of carbonyl (C=O) groups excluding carboxylic acids is 1. The van der Waals surface area contributed by atoms with E-state index in [1.54, 1.807) is 23.1 Å². The Morgan fingerprint density at radius 1 is 0.914 bits per heavy atom. The smallest absolute Gasteiger partial charge is 0.281 e. The molecule has 174 valence electrons. The second-order valence-electron chi connectivity index (χ2n) is 8.09. The lowest BCUT2D eigenvalue weighted by molar-refractivity contribution is 0.0982. The number of carbonyl (C=O) groups is 1. The molecule has 0 unspecified atom stereocenters. The summed E-state index contributed by atoms with van der Waals surface area (Å²) in [5.74, 6) is -0.270. The lowest BCUT2D eigenvalue weighted by Crippen LogP contribution is -2.36. The summed E-state index contributed by atoms with van der Waals surface area (Å²) >= 11 is 1.43. The van der Waals surface area contributed by atoms with E-state index in [1.165, 1.54) is 16.0 Å². The molecule has 5 aromatic rings. The number of nitrogens with zero attached hydrogens (tertiary/aromatic N) is 4. The monoisotopic (exact) mass is 480 g/mol. The van der Waals surface area contributed by atoms with Gasteiger partial charge in [-0.15, -0.1) is 11.3 Å². The van der Waals surface area contributed by atoms with E-state index < -0.39 is 0 Å². The first-order valence-corrected chi connectivity index (χ1v) is 12.4. The highest BCUT2D eigenvalue weighted by atomic mass is 32.1. The molecule has 0 fully saturated rings. The van der Waals surface area contributed by atoms with E-state index in [2.05, 4.69) is 5.10 Å². The van der Waals surface area contributed by atoms with Gasteiger partial charge in [0.2, 0.25) is 0 Å². The molecule has 7 heteroatoms. The van der Waals surface area contributed by atoms with Crippen molar-refractivity contribution in [3.8, 4) is 11.3 Å². The third-order valence-corrected chi connectivity index (χ3v) is 6.74. The van der Waals surface area contributed by atoms with E-state index in [9.17, 15) is 9.59 Å². The van der Waals surface area contributed by atoms with Crippen LogP contribution in [-0.4, -0.2) is 27.2 Å². The number of rotatable bonds is 7. The zero-order valence-electron chi connectivity index (χ0n) is 19.3. The lowest BCUT2D eigenvalue weighted by Gasteiger charge is -2.21. The second kappa shape index (κ2) is 10.0. The molecule has 3 aromatic carbocycles. The van der Waals surface area contributed by atoms with Gasteiger partial charge in [-0.1, -0.05) is 78.9 Å². The molecule has 0 atom stereocenters. The average molecular weight is 481 g/mol. The van der Waals surface area contributed by atoms with E-state index in [-0.39, 0.29) is 17.2 Å². The van der Waals surface area contributed by atoms with Crippen molar-refractivity contribution in [3.63, 3.8) is 0 Å². The van der Waals surface area contributed by atoms with E-state index in [0.717, 1.165) is 16.8 Å². The van der Waals surface area contributed by atoms with Gasteiger partial charge in [-0.05, 0) is 25.0 Å². The molecule has 1 amide bonds. The van der Waals surface area contributed by atoms with Gasteiger partial charge in [0.1, 0.15) is 0 Å². The molecule has 0 saturated heterocycles. The Hall–Kier alpha value is -4.10. The summed E-state index contributed by atoms with van der Waals surface area (Å²) in [7, 11) is 0. The van der Waals surface area contributed by atoms with Crippen LogP contribution in [0.25, 0.3) is 22.0 Å². The van der Waals surface area contributed by atoms with Crippen LogP contribution in [0.5, 0.6) is 0 Å². The SMILES string of the molecule is CCn1nc(C(=O)N(CCc2ccccc2)c2nc(-c3ccccc3)cs2)c2ccccc2c1=O. The summed E-state index contributed by atoms with van der Waals surface area (Å²) in [5, 5.41) is 8.08. The van der Waals surface area contributed by atoms with Crippen LogP contribution in [0.15, 0.2) is 95.1 Å². The predicted molar refractivity (Wildman–Crippen MR) is 141 cm³/mol. The largest absolute Gasteiger partial charge is 0.282 e. The van der Waals surface area contributed by atoms with Crippen molar-refractivity contribution in [2.24, 2.45) is 0 Å². The summed E-state index contributed by atoms with van der Waals surface area (Å²) in [6.45, 7) is 2.66. The number of fused-ring (bicyclic) bond motifs is 1. The molecule has 0 bridgehead atoms. The number of aromatic nitrogens is 3. The van der Waals surface area contributed by atoms with Gasteiger partial charge in [0.25, 0.3) is 11.5 Å². The van der Waals surface area contributed by atoms with Crippen LogP contribution >= 0.6 is 11.3 Å². The van der Waals surface area contributed by atoms with Crippen LogP contribution < -0.4 is 10.5 Å². The van der Waals surface area contributed by atoms with E-state index in [4.69, 9.17) is 4.98 Å². The van der Waals surface area contributed by atoms with Crippen LogP contribution in [0.3, 0.4) is 0 Å². The number of aryl methyl sites for hydroxylation is 1. The maximum atomic E-state index is 14.0. The quantitative estimate of drug-likeness (QED) is 0.312. The molecule has 0 aliphatic carbocycles. The molecule has 0 saturated carbocycles. The zero-order chi connectivity index (χ0) is 24.2. The number of hydrogen-bond acceptors (Lipinski definition) is 5. The Kier molecular flexibility index (Phi) is 6.50. The van der Waals surface area contributed by atoms with E-state index >= 15 is 0 Å². The molecule has 2 aromatic heterocycles. The fraction of sp³-hybridized carbons (Fsp3) is 0.143. The summed E-state index contributed by atoms with van der Waals surface area (Å²) < 4.78 is 1.35. The first kappa shape index (κ1) is 22.7. The number of thiazole rings is 1. The van der Waals surface area contributed by atoms with Gasteiger partial charge in [-0.25, -0.2) is 9.67 Å². The van der Waals surface area contributed by atoms with Crippen LogP contribution in [0.1, 0.15) is 23.0 Å². The molecule has 6 nitrogen and oxygen atoms in total. The van der Waals surface area contributed by atoms with Crippen molar-refractivity contribution in [1.82, 2.24) is 14.8 Å². The molecule has 0 aliphatic rings. The molecule has 0 radical (unpaired) electrons. The van der Waals surface area contributed by atoms with Gasteiger partial charge >= 0.3 is 0 Å². The minimum Gasteiger partial charge on any atom is -0.282 e. The minimum atomic E-state index is -0.270.